The van der Waals surface area contributed by atoms with Crippen molar-refractivity contribution in [2.24, 2.45) is 0 Å². The van der Waals surface area contributed by atoms with E-state index >= 15 is 0 Å². The number of fused-ring (bicyclic) bond motifs is 1. The number of anilines is 1. The molecule has 1 aliphatic rings. The van der Waals surface area contributed by atoms with Crippen LogP contribution < -0.4 is 10.1 Å². The van der Waals surface area contributed by atoms with Crippen molar-refractivity contribution < 1.29 is 14.6 Å². The summed E-state index contributed by atoms with van der Waals surface area (Å²) in [4.78, 5) is 11.1. The van der Waals surface area contributed by atoms with Crippen LogP contribution in [0.2, 0.25) is 0 Å². The zero-order valence-electron chi connectivity index (χ0n) is 12.5. The SMILES string of the molecule is CCc1ccc(C2=CCNc3cc(C(=O)O)nn32)cc1OC. The van der Waals surface area contributed by atoms with Gasteiger partial charge in [0.25, 0.3) is 0 Å². The zero-order valence-corrected chi connectivity index (χ0v) is 12.5. The lowest BCUT2D eigenvalue weighted by Crippen LogP contribution is -2.15. The lowest BCUT2D eigenvalue weighted by Gasteiger charge is -2.18. The molecule has 0 unspecified atom stereocenters. The molecule has 0 atom stereocenters. The van der Waals surface area contributed by atoms with Crippen LogP contribution in [0.1, 0.15) is 28.5 Å². The Labute approximate surface area is 128 Å². The topological polar surface area (TPSA) is 76.4 Å². The summed E-state index contributed by atoms with van der Waals surface area (Å²) >= 11 is 0. The van der Waals surface area contributed by atoms with Gasteiger partial charge in [0.2, 0.25) is 0 Å². The first-order valence-electron chi connectivity index (χ1n) is 7.09. The van der Waals surface area contributed by atoms with Gasteiger partial charge >= 0.3 is 5.97 Å². The van der Waals surface area contributed by atoms with E-state index in [9.17, 15) is 4.79 Å². The van der Waals surface area contributed by atoms with Gasteiger partial charge in [-0.15, -0.1) is 0 Å². The third-order valence-corrected chi connectivity index (χ3v) is 3.70. The Morgan fingerprint density at radius 2 is 2.27 bits per heavy atom. The van der Waals surface area contributed by atoms with Crippen LogP contribution in [0.25, 0.3) is 5.70 Å². The number of nitrogens with zero attached hydrogens (tertiary/aromatic N) is 2. The van der Waals surface area contributed by atoms with Crippen LogP contribution >= 0.6 is 0 Å². The highest BCUT2D eigenvalue weighted by Crippen LogP contribution is 2.29. The van der Waals surface area contributed by atoms with Crippen LogP contribution in [0.5, 0.6) is 5.75 Å². The molecule has 6 heteroatoms. The van der Waals surface area contributed by atoms with Crippen molar-refractivity contribution in [2.45, 2.75) is 13.3 Å². The molecule has 6 nitrogen and oxygen atoms in total. The van der Waals surface area contributed by atoms with E-state index in [1.807, 2.05) is 24.3 Å². The standard InChI is InChI=1S/C16H17N3O3/c1-3-10-4-5-11(8-14(10)22-2)13-6-7-17-15-9-12(16(20)21)18-19(13)15/h4-6,8-9,17H,3,7H2,1-2H3,(H,20,21). The summed E-state index contributed by atoms with van der Waals surface area (Å²) in [5.41, 5.74) is 2.94. The Bertz CT molecular complexity index is 762. The normalized spacial score (nSPS) is 13.1. The van der Waals surface area contributed by atoms with Crippen molar-refractivity contribution in [3.63, 3.8) is 0 Å². The summed E-state index contributed by atoms with van der Waals surface area (Å²) < 4.78 is 7.05. The van der Waals surface area contributed by atoms with Gasteiger partial charge in [0.15, 0.2) is 5.69 Å². The molecule has 3 rings (SSSR count). The van der Waals surface area contributed by atoms with E-state index < -0.39 is 5.97 Å². The lowest BCUT2D eigenvalue weighted by molar-refractivity contribution is 0.0690. The second-order valence-electron chi connectivity index (χ2n) is 4.98. The van der Waals surface area contributed by atoms with E-state index in [1.165, 1.54) is 6.07 Å². The number of carboxylic acids is 1. The number of nitrogens with one attached hydrogen (secondary N) is 1. The molecule has 0 radical (unpaired) electrons. The maximum Gasteiger partial charge on any atom is 0.356 e. The van der Waals surface area contributed by atoms with Gasteiger partial charge < -0.3 is 15.2 Å². The number of hydrogen-bond acceptors (Lipinski definition) is 4. The molecule has 2 heterocycles. The third kappa shape index (κ3) is 2.32. The smallest absolute Gasteiger partial charge is 0.356 e. The van der Waals surface area contributed by atoms with Crippen LogP contribution in [-0.4, -0.2) is 34.5 Å². The fourth-order valence-electron chi connectivity index (χ4n) is 2.57. The number of carbonyl (C=O) groups is 1. The maximum absolute atomic E-state index is 11.1. The molecule has 22 heavy (non-hydrogen) atoms. The number of rotatable bonds is 4. The summed E-state index contributed by atoms with van der Waals surface area (Å²) in [5, 5.41) is 16.4. The fraction of sp³-hybridized carbons (Fsp3) is 0.250. The second-order valence-corrected chi connectivity index (χ2v) is 4.98. The molecule has 114 valence electrons. The molecule has 0 fully saturated rings. The minimum atomic E-state index is -1.04. The number of methoxy groups -OCH3 is 1. The van der Waals surface area contributed by atoms with E-state index in [2.05, 4.69) is 17.3 Å². The molecule has 1 aliphatic heterocycles. The Balaban J connectivity index is 2.06. The fourth-order valence-corrected chi connectivity index (χ4v) is 2.57. The van der Waals surface area contributed by atoms with Crippen LogP contribution in [0.15, 0.2) is 30.3 Å². The third-order valence-electron chi connectivity index (χ3n) is 3.70. The van der Waals surface area contributed by atoms with Crippen LogP contribution in [0.4, 0.5) is 5.82 Å². The van der Waals surface area contributed by atoms with E-state index in [0.717, 1.165) is 29.0 Å². The molecule has 2 aromatic rings. The first-order chi connectivity index (χ1) is 10.6. The van der Waals surface area contributed by atoms with Gasteiger partial charge in [-0.1, -0.05) is 19.1 Å². The molecular weight excluding hydrogens is 282 g/mol. The minimum Gasteiger partial charge on any atom is -0.496 e. The first-order valence-corrected chi connectivity index (χ1v) is 7.09. The van der Waals surface area contributed by atoms with Crippen LogP contribution in [-0.2, 0) is 6.42 Å². The van der Waals surface area contributed by atoms with Gasteiger partial charge in [-0.3, -0.25) is 0 Å². The van der Waals surface area contributed by atoms with Crippen molar-refractivity contribution in [1.29, 1.82) is 0 Å². The largest absolute Gasteiger partial charge is 0.496 e. The summed E-state index contributed by atoms with van der Waals surface area (Å²) in [6, 6.07) is 7.53. The summed E-state index contributed by atoms with van der Waals surface area (Å²) in [7, 11) is 1.65. The van der Waals surface area contributed by atoms with E-state index in [4.69, 9.17) is 9.84 Å². The van der Waals surface area contributed by atoms with Gasteiger partial charge in [-0.25, -0.2) is 9.48 Å². The van der Waals surface area contributed by atoms with Crippen molar-refractivity contribution in [3.8, 4) is 5.75 Å². The number of benzene rings is 1. The molecule has 0 spiro atoms. The Morgan fingerprint density at radius 1 is 1.45 bits per heavy atom. The molecule has 0 aliphatic carbocycles. The molecule has 0 saturated heterocycles. The molecule has 1 aromatic carbocycles. The van der Waals surface area contributed by atoms with Crippen LogP contribution in [0.3, 0.4) is 0 Å². The number of aromatic carboxylic acids is 1. The molecular formula is C16H17N3O3. The lowest BCUT2D eigenvalue weighted by atomic mass is 10.1. The summed E-state index contributed by atoms with van der Waals surface area (Å²) in [6.45, 7) is 2.70. The zero-order chi connectivity index (χ0) is 15.7. The molecule has 1 aromatic heterocycles. The quantitative estimate of drug-likeness (QED) is 0.907. The number of aryl methyl sites for hydroxylation is 1. The number of ether oxygens (including phenoxy) is 1. The summed E-state index contributed by atoms with van der Waals surface area (Å²) in [5.74, 6) is 0.460. The van der Waals surface area contributed by atoms with Crippen molar-refractivity contribution >= 4 is 17.5 Å². The average molecular weight is 299 g/mol. The van der Waals surface area contributed by atoms with Gasteiger partial charge in [-0.2, -0.15) is 5.10 Å². The van der Waals surface area contributed by atoms with Crippen molar-refractivity contribution in [1.82, 2.24) is 9.78 Å². The second kappa shape index (κ2) is 5.55. The van der Waals surface area contributed by atoms with E-state index in [-0.39, 0.29) is 5.69 Å². The highest BCUT2D eigenvalue weighted by molar-refractivity contribution is 5.87. The Morgan fingerprint density at radius 3 is 2.95 bits per heavy atom. The van der Waals surface area contributed by atoms with Crippen LogP contribution in [0, 0.1) is 0 Å². The Hall–Kier alpha value is -2.76. The molecule has 0 amide bonds. The highest BCUT2D eigenvalue weighted by Gasteiger charge is 2.20. The van der Waals surface area contributed by atoms with E-state index in [1.54, 1.807) is 11.8 Å². The molecule has 0 saturated carbocycles. The monoisotopic (exact) mass is 299 g/mol. The number of aromatic nitrogens is 2. The van der Waals surface area contributed by atoms with Crippen molar-refractivity contribution in [2.75, 3.05) is 19.0 Å². The van der Waals surface area contributed by atoms with Gasteiger partial charge in [0.05, 0.1) is 12.8 Å². The maximum atomic E-state index is 11.1. The van der Waals surface area contributed by atoms with Gasteiger partial charge in [-0.05, 0) is 24.1 Å². The number of hydrogen-bond donors (Lipinski definition) is 2. The summed E-state index contributed by atoms with van der Waals surface area (Å²) in [6.07, 6.45) is 2.87. The highest BCUT2D eigenvalue weighted by atomic mass is 16.5. The molecule has 2 N–H and O–H groups in total. The van der Waals surface area contributed by atoms with Gasteiger partial charge in [0, 0.05) is 18.2 Å². The predicted octanol–water partition coefficient (Wildman–Crippen LogP) is 2.47. The predicted molar refractivity (Wildman–Crippen MR) is 83.4 cm³/mol. The number of carboxylic acid groups (broad SMARTS) is 1. The first kappa shape index (κ1) is 14.2. The van der Waals surface area contributed by atoms with E-state index in [0.29, 0.717) is 12.4 Å². The molecule has 0 bridgehead atoms. The van der Waals surface area contributed by atoms with Crippen molar-refractivity contribution in [3.05, 3.63) is 47.2 Å². The van der Waals surface area contributed by atoms with Gasteiger partial charge in [0.1, 0.15) is 11.6 Å². The minimum absolute atomic E-state index is 0.0208. The average Bonchev–Trinajstić information content (AvgIpc) is 2.98. The Kier molecular flexibility index (Phi) is 3.58.